The van der Waals surface area contributed by atoms with E-state index >= 15 is 0 Å². The Kier molecular flexibility index (Phi) is 3.62. The number of nitrogens with zero attached hydrogens (tertiary/aromatic N) is 2. The molecule has 2 aliphatic heterocycles. The van der Waals surface area contributed by atoms with Crippen LogP contribution < -0.4 is 5.32 Å². The maximum atomic E-state index is 12.3. The molecule has 3 aliphatic rings. The summed E-state index contributed by atoms with van der Waals surface area (Å²) in [6.45, 7) is 5.62. The van der Waals surface area contributed by atoms with Gasteiger partial charge >= 0.3 is 0 Å². The first-order valence-corrected chi connectivity index (χ1v) is 8.62. The molecule has 6 heteroatoms. The number of rotatable bonds is 3. The molecule has 0 atom stereocenters. The molecule has 3 fully saturated rings. The number of nitrogens with one attached hydrogen (secondary N) is 1. The van der Waals surface area contributed by atoms with Crippen LogP contribution in [0.15, 0.2) is 0 Å². The third-order valence-corrected chi connectivity index (χ3v) is 6.91. The Morgan fingerprint density at radius 2 is 1.61 bits per heavy atom. The predicted octanol–water partition coefficient (Wildman–Crippen LogP) is -0.152. The summed E-state index contributed by atoms with van der Waals surface area (Å²) >= 11 is 0. The van der Waals surface area contributed by atoms with Gasteiger partial charge in [0.25, 0.3) is 0 Å². The van der Waals surface area contributed by atoms with Gasteiger partial charge in [-0.25, -0.2) is 8.42 Å². The highest BCUT2D eigenvalue weighted by atomic mass is 32.2. The Bertz CT molecular complexity index is 380. The number of hydrogen-bond donors (Lipinski definition) is 1. The van der Waals surface area contributed by atoms with Crippen molar-refractivity contribution in [2.24, 2.45) is 0 Å². The molecule has 0 aromatic rings. The van der Waals surface area contributed by atoms with Crippen LogP contribution in [0.25, 0.3) is 0 Å². The normalized spacial score (nSPS) is 29.6. The Hall–Kier alpha value is -0.170. The molecule has 0 aromatic carbocycles. The first-order valence-electron chi connectivity index (χ1n) is 7.11. The maximum absolute atomic E-state index is 12.3. The zero-order valence-electron chi connectivity index (χ0n) is 10.8. The van der Waals surface area contributed by atoms with E-state index in [9.17, 15) is 8.42 Å². The van der Waals surface area contributed by atoms with Crippen molar-refractivity contribution in [1.29, 1.82) is 0 Å². The van der Waals surface area contributed by atoms with Crippen molar-refractivity contribution >= 4 is 10.0 Å². The van der Waals surface area contributed by atoms with E-state index < -0.39 is 10.0 Å². The standard InChI is InChI=1S/C12H23N3O2S/c16-18(17,12-3-1-2-4-12)15-9-11(10-15)14-7-5-13-6-8-14/h11-13H,1-10H2. The Balaban J connectivity index is 1.54. The first kappa shape index (κ1) is 12.8. The molecular weight excluding hydrogens is 250 g/mol. The van der Waals surface area contributed by atoms with Crippen molar-refractivity contribution in [3.05, 3.63) is 0 Å². The lowest BCUT2D eigenvalue weighted by molar-refractivity contribution is 0.0767. The van der Waals surface area contributed by atoms with E-state index in [1.54, 1.807) is 4.31 Å². The number of hydrogen-bond acceptors (Lipinski definition) is 4. The molecule has 0 amide bonds. The summed E-state index contributed by atoms with van der Waals surface area (Å²) in [5.41, 5.74) is 0. The molecule has 0 unspecified atom stereocenters. The summed E-state index contributed by atoms with van der Waals surface area (Å²) in [6, 6.07) is 0.461. The van der Waals surface area contributed by atoms with Gasteiger partial charge in [0.2, 0.25) is 10.0 Å². The van der Waals surface area contributed by atoms with Gasteiger partial charge in [0.15, 0.2) is 0 Å². The highest BCUT2D eigenvalue weighted by Crippen LogP contribution is 2.30. The van der Waals surface area contributed by atoms with Crippen LogP contribution in [0, 0.1) is 0 Å². The van der Waals surface area contributed by atoms with Crippen molar-refractivity contribution in [1.82, 2.24) is 14.5 Å². The molecule has 1 N–H and O–H groups in total. The van der Waals surface area contributed by atoms with Crippen LogP contribution in [0.3, 0.4) is 0 Å². The lowest BCUT2D eigenvalue weighted by Gasteiger charge is -2.46. The van der Waals surface area contributed by atoms with Crippen molar-refractivity contribution in [2.45, 2.75) is 37.0 Å². The molecule has 3 rings (SSSR count). The second-order valence-electron chi connectivity index (χ2n) is 5.71. The largest absolute Gasteiger partial charge is 0.314 e. The number of sulfonamides is 1. The molecule has 0 bridgehead atoms. The SMILES string of the molecule is O=S(=O)(C1CCCC1)N1CC(N2CCNCC2)C1. The minimum Gasteiger partial charge on any atom is -0.314 e. The zero-order valence-corrected chi connectivity index (χ0v) is 11.7. The van der Waals surface area contributed by atoms with Crippen molar-refractivity contribution < 1.29 is 8.42 Å². The number of piperazine rings is 1. The molecular formula is C12H23N3O2S. The van der Waals surface area contributed by atoms with Crippen LogP contribution in [0.1, 0.15) is 25.7 Å². The second kappa shape index (κ2) is 5.07. The molecule has 5 nitrogen and oxygen atoms in total. The smallest absolute Gasteiger partial charge is 0.217 e. The molecule has 1 saturated carbocycles. The summed E-state index contributed by atoms with van der Waals surface area (Å²) < 4.78 is 26.4. The van der Waals surface area contributed by atoms with Crippen LogP contribution in [-0.2, 0) is 10.0 Å². The Labute approximate surface area is 110 Å². The van der Waals surface area contributed by atoms with Gasteiger partial charge in [-0.15, -0.1) is 0 Å². The highest BCUT2D eigenvalue weighted by Gasteiger charge is 2.43. The van der Waals surface area contributed by atoms with E-state index in [0.717, 1.165) is 65.0 Å². The van der Waals surface area contributed by atoms with Crippen LogP contribution in [0.2, 0.25) is 0 Å². The van der Waals surface area contributed by atoms with Crippen molar-refractivity contribution in [3.8, 4) is 0 Å². The molecule has 1 aliphatic carbocycles. The van der Waals surface area contributed by atoms with Gasteiger partial charge in [-0.2, -0.15) is 4.31 Å². The van der Waals surface area contributed by atoms with E-state index in [4.69, 9.17) is 0 Å². The topological polar surface area (TPSA) is 52.7 Å². The quantitative estimate of drug-likeness (QED) is 0.777. The Morgan fingerprint density at radius 1 is 1.00 bits per heavy atom. The van der Waals surface area contributed by atoms with Gasteiger partial charge in [-0.1, -0.05) is 12.8 Å². The molecule has 104 valence electrons. The van der Waals surface area contributed by atoms with Crippen molar-refractivity contribution in [2.75, 3.05) is 39.3 Å². The van der Waals surface area contributed by atoms with Gasteiger partial charge < -0.3 is 5.32 Å². The molecule has 0 radical (unpaired) electrons. The monoisotopic (exact) mass is 273 g/mol. The first-order chi connectivity index (χ1) is 8.68. The summed E-state index contributed by atoms with van der Waals surface area (Å²) in [5.74, 6) is 0. The van der Waals surface area contributed by atoms with E-state index in [-0.39, 0.29) is 5.25 Å². The maximum Gasteiger partial charge on any atom is 0.217 e. The average molecular weight is 273 g/mol. The van der Waals surface area contributed by atoms with Crippen LogP contribution in [-0.4, -0.2) is 68.2 Å². The second-order valence-corrected chi connectivity index (χ2v) is 7.92. The van der Waals surface area contributed by atoms with Gasteiger partial charge in [-0.3, -0.25) is 4.90 Å². The fourth-order valence-corrected chi connectivity index (χ4v) is 5.41. The van der Waals surface area contributed by atoms with Crippen LogP contribution >= 0.6 is 0 Å². The van der Waals surface area contributed by atoms with Gasteiger partial charge in [0, 0.05) is 45.3 Å². The predicted molar refractivity (Wildman–Crippen MR) is 71.0 cm³/mol. The van der Waals surface area contributed by atoms with Gasteiger partial charge in [-0.05, 0) is 12.8 Å². The van der Waals surface area contributed by atoms with Crippen LogP contribution in [0.5, 0.6) is 0 Å². The minimum absolute atomic E-state index is 0.0820. The fourth-order valence-electron chi connectivity index (χ4n) is 3.30. The van der Waals surface area contributed by atoms with E-state index in [1.165, 1.54) is 0 Å². The summed E-state index contributed by atoms with van der Waals surface area (Å²) in [4.78, 5) is 2.43. The summed E-state index contributed by atoms with van der Waals surface area (Å²) in [7, 11) is -2.98. The van der Waals surface area contributed by atoms with Crippen molar-refractivity contribution in [3.63, 3.8) is 0 Å². The van der Waals surface area contributed by atoms with E-state index in [2.05, 4.69) is 10.2 Å². The van der Waals surface area contributed by atoms with E-state index in [1.807, 2.05) is 0 Å². The van der Waals surface area contributed by atoms with Crippen LogP contribution in [0.4, 0.5) is 0 Å². The molecule has 2 heterocycles. The van der Waals surface area contributed by atoms with Gasteiger partial charge in [0.05, 0.1) is 5.25 Å². The molecule has 2 saturated heterocycles. The Morgan fingerprint density at radius 3 is 2.22 bits per heavy atom. The molecule has 18 heavy (non-hydrogen) atoms. The molecule has 0 aromatic heterocycles. The highest BCUT2D eigenvalue weighted by molar-refractivity contribution is 7.89. The summed E-state index contributed by atoms with van der Waals surface area (Å²) in [5, 5.41) is 3.25. The average Bonchev–Trinajstić information content (AvgIpc) is 2.82. The lowest BCUT2D eigenvalue weighted by atomic mass is 10.1. The minimum atomic E-state index is -2.98. The fraction of sp³-hybridized carbons (Fsp3) is 1.00. The third-order valence-electron chi connectivity index (χ3n) is 4.58. The molecule has 0 spiro atoms. The van der Waals surface area contributed by atoms with Gasteiger partial charge in [0.1, 0.15) is 0 Å². The lowest BCUT2D eigenvalue weighted by Crippen LogP contribution is -2.64. The summed E-state index contributed by atoms with van der Waals surface area (Å²) in [6.07, 6.45) is 3.91. The zero-order chi connectivity index (χ0) is 12.6. The van der Waals surface area contributed by atoms with E-state index in [0.29, 0.717) is 6.04 Å². The third kappa shape index (κ3) is 2.31.